The topological polar surface area (TPSA) is 0 Å². The molecule has 0 saturated heterocycles. The first-order chi connectivity index (χ1) is 6.25. The van der Waals surface area contributed by atoms with Crippen LogP contribution >= 0.6 is 0 Å². The second kappa shape index (κ2) is 3.44. The highest BCUT2D eigenvalue weighted by Crippen LogP contribution is 2.39. The van der Waals surface area contributed by atoms with Crippen LogP contribution in [0.15, 0.2) is 24.3 Å². The average Bonchev–Trinajstić information content (AvgIpc) is 2.89. The fourth-order valence-electron chi connectivity index (χ4n) is 1.45. The fourth-order valence-corrected chi connectivity index (χ4v) is 1.45. The third kappa shape index (κ3) is 2.27. The van der Waals surface area contributed by atoms with Crippen LogP contribution in [0, 0.1) is 11.7 Å². The predicted octanol–water partition coefficient (Wildman–Crippen LogP) is 3.64. The van der Waals surface area contributed by atoms with Crippen LogP contribution < -0.4 is 0 Å². The minimum atomic E-state index is -0.909. The highest BCUT2D eigenvalue weighted by Gasteiger charge is 2.25. The van der Waals surface area contributed by atoms with E-state index in [2.05, 4.69) is 0 Å². The molecule has 2 rings (SSSR count). The van der Waals surface area contributed by atoms with Crippen molar-refractivity contribution in [1.29, 1.82) is 0 Å². The summed E-state index contributed by atoms with van der Waals surface area (Å²) in [7, 11) is 0. The van der Waals surface area contributed by atoms with Gasteiger partial charge in [0.05, 0.1) is 0 Å². The molecule has 1 aliphatic rings. The Bertz CT molecular complexity index is 275. The van der Waals surface area contributed by atoms with Crippen LogP contribution in [0.2, 0.25) is 0 Å². The van der Waals surface area contributed by atoms with Crippen molar-refractivity contribution in [3.8, 4) is 0 Å². The SMILES string of the molecule is Fc1ccc(C(F)CC2CC2)cc1. The van der Waals surface area contributed by atoms with E-state index < -0.39 is 6.17 Å². The summed E-state index contributed by atoms with van der Waals surface area (Å²) in [5.41, 5.74) is 0.605. The zero-order valence-electron chi connectivity index (χ0n) is 7.34. The van der Waals surface area contributed by atoms with Gasteiger partial charge in [0.1, 0.15) is 12.0 Å². The molecule has 1 saturated carbocycles. The summed E-state index contributed by atoms with van der Waals surface area (Å²) in [6, 6.07) is 5.69. The molecular weight excluding hydrogens is 170 g/mol. The zero-order chi connectivity index (χ0) is 9.26. The molecule has 1 aromatic carbocycles. The number of benzene rings is 1. The molecule has 1 unspecified atom stereocenters. The maximum absolute atomic E-state index is 13.4. The Morgan fingerprint density at radius 3 is 2.38 bits per heavy atom. The van der Waals surface area contributed by atoms with Gasteiger partial charge in [-0.2, -0.15) is 0 Å². The Morgan fingerprint density at radius 2 is 1.85 bits per heavy atom. The smallest absolute Gasteiger partial charge is 0.125 e. The third-order valence-corrected chi connectivity index (χ3v) is 2.47. The first kappa shape index (κ1) is 8.67. The number of halogens is 2. The molecule has 13 heavy (non-hydrogen) atoms. The molecule has 2 heteroatoms. The number of hydrogen-bond acceptors (Lipinski definition) is 0. The molecule has 0 aliphatic heterocycles. The van der Waals surface area contributed by atoms with Gasteiger partial charge in [0.15, 0.2) is 0 Å². The first-order valence-electron chi connectivity index (χ1n) is 4.65. The van der Waals surface area contributed by atoms with E-state index in [1.54, 1.807) is 0 Å². The van der Waals surface area contributed by atoms with Crippen LogP contribution in [0.1, 0.15) is 31.0 Å². The molecule has 1 atom stereocenters. The monoisotopic (exact) mass is 182 g/mol. The van der Waals surface area contributed by atoms with Gasteiger partial charge in [0, 0.05) is 0 Å². The number of hydrogen-bond donors (Lipinski definition) is 0. The summed E-state index contributed by atoms with van der Waals surface area (Å²) in [5, 5.41) is 0. The standard InChI is InChI=1S/C11H12F2/c12-10-5-3-9(4-6-10)11(13)7-8-1-2-8/h3-6,8,11H,1-2,7H2. The summed E-state index contributed by atoms with van der Waals surface area (Å²) >= 11 is 0. The van der Waals surface area contributed by atoms with Crippen molar-refractivity contribution in [2.75, 3.05) is 0 Å². The molecule has 0 N–H and O–H groups in total. The summed E-state index contributed by atoms with van der Waals surface area (Å²) in [6.07, 6.45) is 2.00. The lowest BCUT2D eigenvalue weighted by molar-refractivity contribution is 0.309. The van der Waals surface area contributed by atoms with Gasteiger partial charge < -0.3 is 0 Å². The molecule has 0 spiro atoms. The van der Waals surface area contributed by atoms with Crippen LogP contribution in [0.5, 0.6) is 0 Å². The summed E-state index contributed by atoms with van der Waals surface area (Å²) in [6.45, 7) is 0. The van der Waals surface area contributed by atoms with Crippen molar-refractivity contribution in [3.05, 3.63) is 35.6 Å². The number of alkyl halides is 1. The van der Waals surface area contributed by atoms with E-state index in [-0.39, 0.29) is 5.82 Å². The van der Waals surface area contributed by atoms with Crippen molar-refractivity contribution in [2.45, 2.75) is 25.4 Å². The van der Waals surface area contributed by atoms with Gasteiger partial charge in [-0.3, -0.25) is 0 Å². The lowest BCUT2D eigenvalue weighted by Gasteiger charge is -2.06. The van der Waals surface area contributed by atoms with Crippen LogP contribution in [-0.2, 0) is 0 Å². The lowest BCUT2D eigenvalue weighted by Crippen LogP contribution is -1.92. The van der Waals surface area contributed by atoms with E-state index >= 15 is 0 Å². The molecule has 70 valence electrons. The van der Waals surface area contributed by atoms with Crippen LogP contribution in [-0.4, -0.2) is 0 Å². The summed E-state index contributed by atoms with van der Waals surface area (Å²) < 4.78 is 25.9. The molecule has 0 amide bonds. The van der Waals surface area contributed by atoms with E-state index in [1.165, 1.54) is 24.3 Å². The lowest BCUT2D eigenvalue weighted by atomic mass is 10.1. The maximum Gasteiger partial charge on any atom is 0.125 e. The third-order valence-electron chi connectivity index (χ3n) is 2.47. The van der Waals surface area contributed by atoms with Gasteiger partial charge >= 0.3 is 0 Å². The van der Waals surface area contributed by atoms with Crippen molar-refractivity contribution < 1.29 is 8.78 Å². The highest BCUT2D eigenvalue weighted by molar-refractivity contribution is 5.18. The van der Waals surface area contributed by atoms with Gasteiger partial charge in [-0.1, -0.05) is 25.0 Å². The normalized spacial score (nSPS) is 18.6. The second-order valence-electron chi connectivity index (χ2n) is 3.70. The van der Waals surface area contributed by atoms with Gasteiger partial charge in [-0.05, 0) is 30.0 Å². The van der Waals surface area contributed by atoms with E-state index in [1.807, 2.05) is 0 Å². The minimum absolute atomic E-state index is 0.303. The Balaban J connectivity index is 2.01. The van der Waals surface area contributed by atoms with Crippen molar-refractivity contribution in [2.24, 2.45) is 5.92 Å². The van der Waals surface area contributed by atoms with Crippen molar-refractivity contribution >= 4 is 0 Å². The van der Waals surface area contributed by atoms with Gasteiger partial charge in [0.2, 0.25) is 0 Å². The first-order valence-corrected chi connectivity index (χ1v) is 4.65. The molecule has 0 aromatic heterocycles. The van der Waals surface area contributed by atoms with E-state index in [0.29, 0.717) is 17.9 Å². The number of rotatable bonds is 3. The van der Waals surface area contributed by atoms with Gasteiger partial charge in [-0.25, -0.2) is 8.78 Å². The molecule has 1 aromatic rings. The molecule has 1 aliphatic carbocycles. The maximum atomic E-state index is 13.4. The van der Waals surface area contributed by atoms with Crippen LogP contribution in [0.3, 0.4) is 0 Å². The van der Waals surface area contributed by atoms with E-state index in [0.717, 1.165) is 12.8 Å². The van der Waals surface area contributed by atoms with E-state index in [9.17, 15) is 8.78 Å². The Labute approximate surface area is 76.6 Å². The Morgan fingerprint density at radius 1 is 1.23 bits per heavy atom. The molecule has 0 radical (unpaired) electrons. The van der Waals surface area contributed by atoms with E-state index in [4.69, 9.17) is 0 Å². The molecule has 0 nitrogen and oxygen atoms in total. The zero-order valence-corrected chi connectivity index (χ0v) is 7.34. The van der Waals surface area contributed by atoms with Crippen LogP contribution in [0.4, 0.5) is 8.78 Å². The van der Waals surface area contributed by atoms with Crippen molar-refractivity contribution in [3.63, 3.8) is 0 Å². The predicted molar refractivity (Wildman–Crippen MR) is 47.6 cm³/mol. The fraction of sp³-hybridized carbons (Fsp3) is 0.455. The summed E-state index contributed by atoms with van der Waals surface area (Å²) in [4.78, 5) is 0. The highest BCUT2D eigenvalue weighted by atomic mass is 19.1. The summed E-state index contributed by atoms with van der Waals surface area (Å²) in [5.74, 6) is 0.266. The largest absolute Gasteiger partial charge is 0.242 e. The molecule has 1 fully saturated rings. The average molecular weight is 182 g/mol. The molecule has 0 bridgehead atoms. The Kier molecular flexibility index (Phi) is 2.30. The van der Waals surface area contributed by atoms with Crippen molar-refractivity contribution in [1.82, 2.24) is 0 Å². The molecular formula is C11H12F2. The second-order valence-corrected chi connectivity index (χ2v) is 3.70. The van der Waals surface area contributed by atoms with Gasteiger partial charge in [-0.15, -0.1) is 0 Å². The van der Waals surface area contributed by atoms with Gasteiger partial charge in [0.25, 0.3) is 0 Å². The Hall–Kier alpha value is -0.920. The minimum Gasteiger partial charge on any atom is -0.242 e. The quantitative estimate of drug-likeness (QED) is 0.669. The molecule has 0 heterocycles. The van der Waals surface area contributed by atoms with Crippen LogP contribution in [0.25, 0.3) is 0 Å².